The van der Waals surface area contributed by atoms with Crippen LogP contribution in [0.3, 0.4) is 0 Å². The molecule has 1 unspecified atom stereocenters. The lowest BCUT2D eigenvalue weighted by molar-refractivity contribution is -0.144. The highest BCUT2D eigenvalue weighted by Gasteiger charge is 2.33. The Hall–Kier alpha value is -3.38. The van der Waals surface area contributed by atoms with Gasteiger partial charge in [0.15, 0.2) is 0 Å². The van der Waals surface area contributed by atoms with Crippen molar-refractivity contribution >= 4 is 12.0 Å². The molecule has 0 amide bonds. The highest BCUT2D eigenvalue weighted by molar-refractivity contribution is 5.77. The Morgan fingerprint density at radius 3 is 2.80 bits per heavy atom. The number of nitrogens with zero attached hydrogens (tertiary/aromatic N) is 2. The molecule has 1 atom stereocenters. The number of hydrogen-bond acceptors (Lipinski definition) is 5. The number of aliphatic carboxylic acids is 1. The van der Waals surface area contributed by atoms with Gasteiger partial charge in [-0.15, -0.1) is 0 Å². The summed E-state index contributed by atoms with van der Waals surface area (Å²) in [5.74, 6) is 1.85. The number of carboxylic acid groups (broad SMARTS) is 1. The molecule has 1 aliphatic rings. The van der Waals surface area contributed by atoms with E-state index in [1.807, 2.05) is 66.4 Å². The van der Waals surface area contributed by atoms with Gasteiger partial charge in [0.2, 0.25) is 5.89 Å². The number of ether oxygens (including phenoxy) is 1. The molecule has 6 nitrogen and oxygen atoms in total. The molecule has 0 spiro atoms. The molecule has 0 fully saturated rings. The van der Waals surface area contributed by atoms with Crippen LogP contribution in [0.2, 0.25) is 0 Å². The Balaban J connectivity index is 1.42. The van der Waals surface area contributed by atoms with E-state index < -0.39 is 12.0 Å². The fourth-order valence-electron chi connectivity index (χ4n) is 4.47. The number of aromatic nitrogens is 1. The maximum Gasteiger partial charge on any atom is 0.325 e. The molecule has 4 rings (SSSR count). The minimum absolute atomic E-state index is 0.437. The van der Waals surface area contributed by atoms with Crippen molar-refractivity contribution in [2.45, 2.75) is 52.6 Å². The Bertz CT molecular complexity index is 1170. The van der Waals surface area contributed by atoms with Gasteiger partial charge in [-0.1, -0.05) is 56.3 Å². The van der Waals surface area contributed by atoms with E-state index in [-0.39, 0.29) is 0 Å². The molecule has 0 saturated heterocycles. The molecular weight excluding hydrogens is 440 g/mol. The van der Waals surface area contributed by atoms with Crippen LogP contribution in [0.15, 0.2) is 59.0 Å². The summed E-state index contributed by atoms with van der Waals surface area (Å²) in [5.41, 5.74) is 3.87. The lowest BCUT2D eigenvalue weighted by Crippen LogP contribution is -2.39. The largest absolute Gasteiger partial charge is 0.493 e. The predicted octanol–water partition coefficient (Wildman–Crippen LogP) is 5.85. The van der Waals surface area contributed by atoms with Crippen LogP contribution in [-0.4, -0.2) is 34.1 Å². The van der Waals surface area contributed by atoms with Crippen molar-refractivity contribution in [3.05, 3.63) is 88.6 Å². The normalized spacial score (nSPS) is 16.1. The third-order valence-electron chi connectivity index (χ3n) is 6.29. The van der Waals surface area contributed by atoms with Crippen molar-refractivity contribution in [2.75, 3.05) is 13.2 Å². The zero-order chi connectivity index (χ0) is 24.8. The van der Waals surface area contributed by atoms with Crippen molar-refractivity contribution in [2.24, 2.45) is 5.92 Å². The number of allylic oxidation sites excluding steroid dienone is 1. The predicted molar refractivity (Wildman–Crippen MR) is 136 cm³/mol. The van der Waals surface area contributed by atoms with Crippen LogP contribution in [0.5, 0.6) is 5.75 Å². The molecule has 1 aromatic heterocycles. The van der Waals surface area contributed by atoms with Crippen LogP contribution in [0.1, 0.15) is 60.3 Å². The molecule has 2 heterocycles. The second-order valence-electron chi connectivity index (χ2n) is 9.49. The number of benzene rings is 2. The smallest absolute Gasteiger partial charge is 0.325 e. The fraction of sp³-hybridized carbons (Fsp3) is 0.379. The molecule has 184 valence electrons. The van der Waals surface area contributed by atoms with Gasteiger partial charge < -0.3 is 14.3 Å². The maximum absolute atomic E-state index is 12.3. The van der Waals surface area contributed by atoms with Crippen LogP contribution >= 0.6 is 0 Å². The summed E-state index contributed by atoms with van der Waals surface area (Å²) in [7, 11) is 0. The standard InChI is InChI=1S/C29H34N2O4/c1-20(2)8-7-11-27-30-26(21(3)35-27)15-17-34-24-13-12-23-14-16-31(19-22-9-5-4-6-10-22)28(29(32)33)25(23)18-24/h4-7,9-13,18,20,28H,8,14-17,19H2,1-3H3,(H,32,33)/b11-7+. The lowest BCUT2D eigenvalue weighted by Gasteiger charge is -2.35. The first-order valence-electron chi connectivity index (χ1n) is 12.3. The average molecular weight is 475 g/mol. The van der Waals surface area contributed by atoms with E-state index in [1.165, 1.54) is 0 Å². The number of fused-ring (bicyclic) bond motifs is 1. The van der Waals surface area contributed by atoms with Gasteiger partial charge in [-0.2, -0.15) is 0 Å². The zero-order valence-corrected chi connectivity index (χ0v) is 20.7. The average Bonchev–Trinajstić information content (AvgIpc) is 3.18. The van der Waals surface area contributed by atoms with E-state index >= 15 is 0 Å². The summed E-state index contributed by atoms with van der Waals surface area (Å²) >= 11 is 0. The Kier molecular flexibility index (Phi) is 8.03. The summed E-state index contributed by atoms with van der Waals surface area (Å²) in [6.07, 6.45) is 6.43. The Morgan fingerprint density at radius 2 is 2.06 bits per heavy atom. The first-order chi connectivity index (χ1) is 16.9. The van der Waals surface area contributed by atoms with E-state index in [4.69, 9.17) is 9.15 Å². The highest BCUT2D eigenvalue weighted by Crippen LogP contribution is 2.34. The monoisotopic (exact) mass is 474 g/mol. The lowest BCUT2D eigenvalue weighted by atomic mass is 9.92. The maximum atomic E-state index is 12.3. The molecular formula is C29H34N2O4. The summed E-state index contributed by atoms with van der Waals surface area (Å²) in [6.45, 7) is 8.01. The van der Waals surface area contributed by atoms with E-state index in [1.54, 1.807) is 0 Å². The van der Waals surface area contributed by atoms with Gasteiger partial charge in [-0.3, -0.25) is 9.69 Å². The Morgan fingerprint density at radius 1 is 1.26 bits per heavy atom. The Labute approximate surface area is 207 Å². The summed E-state index contributed by atoms with van der Waals surface area (Å²) in [4.78, 5) is 18.9. The molecule has 0 saturated carbocycles. The van der Waals surface area contributed by atoms with Crippen molar-refractivity contribution in [3.63, 3.8) is 0 Å². The second-order valence-corrected chi connectivity index (χ2v) is 9.49. The van der Waals surface area contributed by atoms with Crippen LogP contribution in [0, 0.1) is 12.8 Å². The topological polar surface area (TPSA) is 75.8 Å². The third kappa shape index (κ3) is 6.40. The van der Waals surface area contributed by atoms with Gasteiger partial charge in [-0.25, -0.2) is 4.98 Å². The summed E-state index contributed by atoms with van der Waals surface area (Å²) in [5, 5.41) is 10.1. The summed E-state index contributed by atoms with van der Waals surface area (Å²) in [6, 6.07) is 15.1. The number of rotatable bonds is 10. The zero-order valence-electron chi connectivity index (χ0n) is 20.7. The van der Waals surface area contributed by atoms with E-state index in [0.29, 0.717) is 43.7 Å². The van der Waals surface area contributed by atoms with E-state index in [2.05, 4.69) is 24.9 Å². The number of aryl methyl sites for hydroxylation is 1. The van der Waals surface area contributed by atoms with Gasteiger partial charge in [-0.05, 0) is 60.6 Å². The molecule has 0 bridgehead atoms. The minimum Gasteiger partial charge on any atom is -0.493 e. The van der Waals surface area contributed by atoms with Crippen LogP contribution in [0.25, 0.3) is 6.08 Å². The van der Waals surface area contributed by atoms with Crippen LogP contribution in [0.4, 0.5) is 0 Å². The minimum atomic E-state index is -0.838. The molecule has 0 radical (unpaired) electrons. The van der Waals surface area contributed by atoms with Crippen LogP contribution in [-0.2, 0) is 24.2 Å². The molecule has 1 aliphatic heterocycles. The first kappa shape index (κ1) is 24.7. The number of hydrogen-bond donors (Lipinski definition) is 1. The first-order valence-corrected chi connectivity index (χ1v) is 12.3. The van der Waals surface area contributed by atoms with Gasteiger partial charge in [0.25, 0.3) is 0 Å². The molecule has 0 aliphatic carbocycles. The number of carbonyl (C=O) groups is 1. The van der Waals surface area contributed by atoms with Gasteiger partial charge >= 0.3 is 5.97 Å². The van der Waals surface area contributed by atoms with Gasteiger partial charge in [0, 0.05) is 19.5 Å². The van der Waals surface area contributed by atoms with Crippen molar-refractivity contribution in [1.82, 2.24) is 9.88 Å². The quantitative estimate of drug-likeness (QED) is 0.397. The van der Waals surface area contributed by atoms with Gasteiger partial charge in [0.05, 0.1) is 12.3 Å². The third-order valence-corrected chi connectivity index (χ3v) is 6.29. The van der Waals surface area contributed by atoms with Gasteiger partial charge in [0.1, 0.15) is 17.6 Å². The van der Waals surface area contributed by atoms with Crippen molar-refractivity contribution in [3.8, 4) is 5.75 Å². The van der Waals surface area contributed by atoms with E-state index in [9.17, 15) is 9.90 Å². The SMILES string of the molecule is Cc1oc(/C=C/CC(C)C)nc1CCOc1ccc2c(c1)C(C(=O)O)N(Cc1ccccc1)CC2. The number of oxazole rings is 1. The van der Waals surface area contributed by atoms with Crippen molar-refractivity contribution in [1.29, 1.82) is 0 Å². The molecule has 6 heteroatoms. The van der Waals surface area contributed by atoms with E-state index in [0.717, 1.165) is 41.0 Å². The fourth-order valence-corrected chi connectivity index (χ4v) is 4.47. The highest BCUT2D eigenvalue weighted by atomic mass is 16.5. The molecule has 2 aromatic carbocycles. The van der Waals surface area contributed by atoms with Crippen LogP contribution < -0.4 is 4.74 Å². The second kappa shape index (κ2) is 11.4. The number of carboxylic acids is 1. The molecule has 35 heavy (non-hydrogen) atoms. The van der Waals surface area contributed by atoms with Crippen molar-refractivity contribution < 1.29 is 19.1 Å². The summed E-state index contributed by atoms with van der Waals surface area (Å²) < 4.78 is 11.8. The molecule has 1 N–H and O–H groups in total. The molecule has 3 aromatic rings.